The number of carbonyl (C=O) groups is 6. The summed E-state index contributed by atoms with van der Waals surface area (Å²) in [4.78, 5) is 98.3. The van der Waals surface area contributed by atoms with E-state index in [1.807, 2.05) is 0 Å². The number of pyridine rings is 2. The summed E-state index contributed by atoms with van der Waals surface area (Å²) < 4.78 is 41.0. The van der Waals surface area contributed by atoms with Gasteiger partial charge >= 0.3 is 17.7 Å². The number of aromatic hydroxyl groups is 1. The number of nitrogens with zero attached hydrogens (tertiary/aromatic N) is 2. The number of carboxylic acids is 1. The van der Waals surface area contributed by atoms with Crippen LogP contribution >= 0.6 is 0 Å². The van der Waals surface area contributed by atoms with Crippen molar-refractivity contribution < 1.29 is 72.5 Å². The number of nitrogens with one attached hydrogen (secondary N) is 2. The monoisotopic (exact) mass is 1050 g/mol. The number of ketones is 3. The zero-order valence-electron chi connectivity index (χ0n) is 44.1. The minimum atomic E-state index is -2.18. The Balaban J connectivity index is 1.17. The normalized spacial score (nSPS) is 29.9. The minimum Gasteiger partial charge on any atom is -0.507 e. The fraction of sp³-hybridized carbons (Fsp3) is 0.482. The van der Waals surface area contributed by atoms with Gasteiger partial charge in [-0.25, -0.2) is 9.18 Å². The van der Waals surface area contributed by atoms with E-state index in [4.69, 9.17) is 18.9 Å². The first kappa shape index (κ1) is 55.1. The summed E-state index contributed by atoms with van der Waals surface area (Å²) in [6, 6.07) is 1.38. The lowest BCUT2D eigenvalue weighted by Gasteiger charge is -2.38. The Morgan fingerprint density at radius 3 is 2.28 bits per heavy atom. The number of amides is 1. The largest absolute Gasteiger partial charge is 0.507 e. The van der Waals surface area contributed by atoms with Crippen molar-refractivity contribution in [2.24, 2.45) is 29.6 Å². The van der Waals surface area contributed by atoms with Crippen LogP contribution < -0.4 is 25.8 Å². The summed E-state index contributed by atoms with van der Waals surface area (Å²) in [5.41, 5.74) is -1.88. The maximum Gasteiger partial charge on any atom is 0.341 e. The first-order valence-electron chi connectivity index (χ1n) is 25.5. The summed E-state index contributed by atoms with van der Waals surface area (Å²) in [5.74, 6) is -12.6. The molecule has 10 atom stereocenters. The number of aliphatic hydroxyl groups is 2. The molecule has 0 spiro atoms. The van der Waals surface area contributed by atoms with Gasteiger partial charge in [-0.15, -0.1) is 0 Å². The molecule has 2 aromatic heterocycles. The van der Waals surface area contributed by atoms with Crippen molar-refractivity contribution in [3.8, 4) is 11.5 Å². The van der Waals surface area contributed by atoms with E-state index in [0.717, 1.165) is 29.7 Å². The standard InChI is InChI=1S/C56H65FN4O15/c1-24-12-11-13-25(2)53(69)59-42-41(58-21-32-16-18-60(22-32)44-27(4)43-34(33-14-15-33)20-35(55(71)72)54(70)61(43)23-36(44)57)48(66)38-39(49(42)67)47(65)30(7)51-40(38)52(68)56(9,76-51)74-19-17-37(73-10)26(3)50(75-31(8)62)29(6)46(64)28(5)45(24)63/h11-13,17,19-20,23-24,26,28-29,32-33,37,45-46,50,58,63-65H,14-16,18,21-22H2,1-10H3,(H,59,69)(H,71,72)/b12-11+,19-17+,25-13-/t24-,26+,28-,29-,32?,37+,45+,46+,50-,56+/m1/s1. The van der Waals surface area contributed by atoms with E-state index < -0.39 is 134 Å². The third-order valence-electron chi connectivity index (χ3n) is 15.8. The van der Waals surface area contributed by atoms with E-state index in [1.54, 1.807) is 45.6 Å². The highest BCUT2D eigenvalue weighted by molar-refractivity contribution is 6.32. The molecule has 1 amide bonds. The third kappa shape index (κ3) is 9.81. The van der Waals surface area contributed by atoms with Crippen molar-refractivity contribution in [3.05, 3.63) is 115 Å². The maximum atomic E-state index is 16.2. The van der Waals surface area contributed by atoms with Gasteiger partial charge in [-0.3, -0.25) is 33.2 Å². The zero-order valence-corrected chi connectivity index (χ0v) is 44.1. The molecule has 0 radical (unpaired) electrons. The van der Waals surface area contributed by atoms with E-state index in [9.17, 15) is 49.2 Å². The number of aromatic nitrogens is 1. The maximum absolute atomic E-state index is 16.2. The Kier molecular flexibility index (Phi) is 15.3. The van der Waals surface area contributed by atoms with Crippen molar-refractivity contribution in [2.45, 2.75) is 118 Å². The van der Waals surface area contributed by atoms with Crippen LogP contribution in [0.15, 0.2) is 64.6 Å². The molecule has 1 aromatic carbocycles. The molecular formula is C56H65FN4O15. The van der Waals surface area contributed by atoms with Gasteiger partial charge in [0, 0.05) is 75.4 Å². The van der Waals surface area contributed by atoms with Crippen molar-refractivity contribution >= 4 is 46.4 Å². The van der Waals surface area contributed by atoms with Crippen molar-refractivity contribution in [1.29, 1.82) is 0 Å². The summed E-state index contributed by atoms with van der Waals surface area (Å²) in [6.45, 7) is 14.4. The van der Waals surface area contributed by atoms with Crippen LogP contribution in [0, 0.1) is 49.3 Å². The number of hydrogen-bond donors (Lipinski definition) is 6. The molecule has 1 saturated heterocycles. The molecule has 3 aromatic rings. The molecule has 4 aliphatic heterocycles. The highest BCUT2D eigenvalue weighted by Crippen LogP contribution is 2.49. The Morgan fingerprint density at radius 1 is 0.934 bits per heavy atom. The Bertz CT molecular complexity index is 3150. The van der Waals surface area contributed by atoms with Crippen LogP contribution in [0.4, 0.5) is 10.1 Å². The second kappa shape index (κ2) is 21.1. The molecule has 406 valence electrons. The molecule has 19 nitrogen and oxygen atoms in total. The van der Waals surface area contributed by atoms with Gasteiger partial charge in [0.1, 0.15) is 34.6 Å². The topological polar surface area (TPSA) is 269 Å². The summed E-state index contributed by atoms with van der Waals surface area (Å²) in [7, 11) is 1.40. The average molecular weight is 1050 g/mol. The number of rotatable bonds is 8. The molecule has 6 heterocycles. The lowest BCUT2D eigenvalue weighted by Crippen LogP contribution is -2.46. The van der Waals surface area contributed by atoms with Gasteiger partial charge in [-0.05, 0) is 75.1 Å². The summed E-state index contributed by atoms with van der Waals surface area (Å²) in [6.07, 6.45) is 6.04. The highest BCUT2D eigenvalue weighted by Gasteiger charge is 2.53. The van der Waals surface area contributed by atoms with Gasteiger partial charge in [0.25, 0.3) is 17.2 Å². The number of aryl methyl sites for hydroxylation is 1. The second-order valence-corrected chi connectivity index (χ2v) is 21.1. The lowest BCUT2D eigenvalue weighted by atomic mass is 9.78. The van der Waals surface area contributed by atoms with Crippen LogP contribution in [-0.4, -0.2) is 117 Å². The summed E-state index contributed by atoms with van der Waals surface area (Å²) in [5, 5.41) is 50.3. The van der Waals surface area contributed by atoms with Crippen molar-refractivity contribution in [3.63, 3.8) is 0 Å². The molecule has 2 aliphatic carbocycles. The van der Waals surface area contributed by atoms with Crippen LogP contribution in [0.5, 0.6) is 11.5 Å². The molecule has 5 bridgehead atoms. The van der Waals surface area contributed by atoms with Crippen LogP contribution in [-0.2, 0) is 23.8 Å². The number of allylic oxidation sites excluding steroid dienone is 4. The number of phenolic OH excluding ortho intramolecular Hbond substituents is 1. The van der Waals surface area contributed by atoms with Gasteiger partial charge in [0.05, 0.1) is 58.7 Å². The average Bonchev–Trinajstić information content (AvgIpc) is 4.07. The third-order valence-corrected chi connectivity index (χ3v) is 15.8. The number of esters is 1. The van der Waals surface area contributed by atoms with Gasteiger partial charge in [-0.2, -0.15) is 0 Å². The minimum absolute atomic E-state index is 0.00912. The Morgan fingerprint density at radius 2 is 1.63 bits per heavy atom. The summed E-state index contributed by atoms with van der Waals surface area (Å²) >= 11 is 0. The van der Waals surface area contributed by atoms with Crippen LogP contribution in [0.1, 0.15) is 132 Å². The number of phenols is 1. The SMILES string of the molecule is CO[C@H]1/C=C/O[C@@]2(C)Oc3c(C)c(O)c4c(c3C2=O)C(=O)C(NCC2CCN(c3c(F)cn5c(=O)c(C(=O)O)cc(C6CC6)c5c3C)C2)=C(NC(=O)/C(C)=C\C=C\[C@@H](C)[C@H](O)[C@@H](C)[C@H](O)[C@@H](C)[C@H](OC(C)=O)[C@H]1C)C4=O. The van der Waals surface area contributed by atoms with Gasteiger partial charge in [0.15, 0.2) is 5.82 Å². The zero-order chi connectivity index (χ0) is 55.6. The number of halogens is 1. The molecular weight excluding hydrogens is 988 g/mol. The number of aliphatic hydroxyl groups excluding tert-OH is 2. The second-order valence-electron chi connectivity index (χ2n) is 21.1. The van der Waals surface area contributed by atoms with Gasteiger partial charge in [-0.1, -0.05) is 45.9 Å². The van der Waals surface area contributed by atoms with E-state index in [1.165, 1.54) is 59.1 Å². The predicted octanol–water partition coefficient (Wildman–Crippen LogP) is 5.71. The number of carbonyl (C=O) groups excluding carboxylic acids is 5. The van der Waals surface area contributed by atoms with Crippen molar-refractivity contribution in [1.82, 2.24) is 15.0 Å². The fourth-order valence-electron chi connectivity index (χ4n) is 11.2. The van der Waals surface area contributed by atoms with E-state index in [-0.39, 0.29) is 53.1 Å². The van der Waals surface area contributed by atoms with E-state index in [0.29, 0.717) is 29.6 Å². The number of carboxylic acid groups (broad SMARTS) is 1. The van der Waals surface area contributed by atoms with Crippen LogP contribution in [0.2, 0.25) is 0 Å². The lowest BCUT2D eigenvalue weighted by molar-refractivity contribution is -0.160. The van der Waals surface area contributed by atoms with Crippen LogP contribution in [0.25, 0.3) is 5.52 Å². The van der Waals surface area contributed by atoms with E-state index in [2.05, 4.69) is 10.6 Å². The highest BCUT2D eigenvalue weighted by atomic mass is 19.1. The molecule has 6 aliphatic rings. The van der Waals surface area contributed by atoms with Crippen molar-refractivity contribution in [2.75, 3.05) is 31.6 Å². The number of anilines is 1. The number of fused-ring (bicyclic) bond motifs is 15. The first-order valence-corrected chi connectivity index (χ1v) is 25.5. The van der Waals surface area contributed by atoms with E-state index >= 15 is 9.18 Å². The number of aromatic carboxylic acids is 1. The number of Topliss-reactive ketones (excluding diaryl/α,β-unsaturated/α-hetero) is 3. The van der Waals surface area contributed by atoms with Gasteiger partial charge < -0.3 is 54.9 Å². The molecule has 9 rings (SSSR count). The molecule has 76 heavy (non-hydrogen) atoms. The molecule has 2 fully saturated rings. The quantitative estimate of drug-likeness (QED) is 0.148. The predicted molar refractivity (Wildman–Crippen MR) is 274 cm³/mol. The molecule has 1 unspecified atom stereocenters. The number of ether oxygens (including phenoxy) is 4. The fourth-order valence-corrected chi connectivity index (χ4v) is 11.2. The van der Waals surface area contributed by atoms with Gasteiger partial charge in [0.2, 0.25) is 11.6 Å². The first-order chi connectivity index (χ1) is 35.8. The number of hydrogen-bond acceptors (Lipinski definition) is 16. The smallest absolute Gasteiger partial charge is 0.341 e. The Labute approximate surface area is 438 Å². The number of benzene rings is 1. The molecule has 6 N–H and O–H groups in total. The Hall–Kier alpha value is -7.16. The van der Waals surface area contributed by atoms with Crippen LogP contribution in [0.3, 0.4) is 0 Å². The molecule has 20 heteroatoms. The molecule has 1 saturated carbocycles. The number of methoxy groups -OCH3 is 1.